The first-order valence-corrected chi connectivity index (χ1v) is 9.01. The number of hydrogen-bond acceptors (Lipinski definition) is 5. The first kappa shape index (κ1) is 17.3. The van der Waals surface area contributed by atoms with Crippen molar-refractivity contribution in [2.45, 2.75) is 18.7 Å². The molecular weight excluding hydrogens is 354 g/mol. The van der Waals surface area contributed by atoms with Gasteiger partial charge in [-0.05, 0) is 6.07 Å². The van der Waals surface area contributed by atoms with Gasteiger partial charge in [-0.15, -0.1) is 0 Å². The molecule has 2 aromatic carbocycles. The van der Waals surface area contributed by atoms with E-state index in [0.29, 0.717) is 10.6 Å². The highest BCUT2D eigenvalue weighted by atomic mass is 35.5. The Kier molecular flexibility index (Phi) is 5.19. The summed E-state index contributed by atoms with van der Waals surface area (Å²) in [6, 6.07) is 16.2. The summed E-state index contributed by atoms with van der Waals surface area (Å²) in [5, 5.41) is 0.440. The second kappa shape index (κ2) is 7.18. The van der Waals surface area contributed by atoms with Crippen LogP contribution < -0.4 is 4.72 Å². The molecule has 0 saturated carbocycles. The summed E-state index contributed by atoms with van der Waals surface area (Å²) < 4.78 is 42.3. The van der Waals surface area contributed by atoms with E-state index in [9.17, 15) is 8.42 Å². The van der Waals surface area contributed by atoms with Crippen molar-refractivity contribution in [3.63, 3.8) is 0 Å². The van der Waals surface area contributed by atoms with Gasteiger partial charge < -0.3 is 9.47 Å². The van der Waals surface area contributed by atoms with Crippen molar-refractivity contribution in [3.8, 4) is 0 Å². The third-order valence-corrected chi connectivity index (χ3v) is 4.82. The lowest BCUT2D eigenvalue weighted by atomic mass is 10.1. The molecule has 0 spiro atoms. The van der Waals surface area contributed by atoms with Crippen LogP contribution in [0.4, 0.5) is 0 Å². The Morgan fingerprint density at radius 3 is 2.38 bits per heavy atom. The molecule has 8 heteroatoms. The number of hydrogen-bond donors (Lipinski definition) is 1. The molecule has 3 rings (SSSR count). The summed E-state index contributed by atoms with van der Waals surface area (Å²) in [4.78, 5) is 0. The first-order chi connectivity index (χ1) is 11.5. The molecule has 1 heterocycles. The van der Waals surface area contributed by atoms with E-state index in [-0.39, 0.29) is 0 Å². The maximum absolute atomic E-state index is 11.8. The molecule has 3 atom stereocenters. The molecular formula is C16H16ClNO5S. The minimum Gasteiger partial charge on any atom is -0.335 e. The van der Waals surface area contributed by atoms with Crippen LogP contribution in [0.1, 0.15) is 23.5 Å². The van der Waals surface area contributed by atoms with Crippen LogP contribution >= 0.6 is 11.6 Å². The van der Waals surface area contributed by atoms with E-state index in [1.807, 2.05) is 30.3 Å². The largest absolute Gasteiger partial charge is 0.338 e. The van der Waals surface area contributed by atoms with E-state index in [4.69, 9.17) is 25.3 Å². The van der Waals surface area contributed by atoms with Gasteiger partial charge in [0.1, 0.15) is 6.10 Å². The number of nitrogens with one attached hydrogen (secondary N) is 1. The fraction of sp³-hybridized carbons (Fsp3) is 0.250. The molecule has 6 nitrogen and oxygen atoms in total. The van der Waals surface area contributed by atoms with E-state index in [1.54, 1.807) is 24.3 Å². The molecule has 0 amide bonds. The monoisotopic (exact) mass is 369 g/mol. The molecule has 1 saturated heterocycles. The van der Waals surface area contributed by atoms with Gasteiger partial charge in [-0.1, -0.05) is 60.1 Å². The van der Waals surface area contributed by atoms with Crippen LogP contribution in [0.15, 0.2) is 54.6 Å². The Morgan fingerprint density at radius 1 is 1.04 bits per heavy atom. The Hall–Kier alpha value is -1.48. The molecule has 1 N–H and O–H groups in total. The summed E-state index contributed by atoms with van der Waals surface area (Å²) >= 11 is 6.21. The molecule has 0 aliphatic carbocycles. The third kappa shape index (κ3) is 3.77. The highest BCUT2D eigenvalue weighted by Gasteiger charge is 2.42. The molecule has 24 heavy (non-hydrogen) atoms. The first-order valence-electron chi connectivity index (χ1n) is 7.22. The van der Waals surface area contributed by atoms with Crippen molar-refractivity contribution in [1.29, 1.82) is 0 Å². The van der Waals surface area contributed by atoms with Crippen LogP contribution in [-0.2, 0) is 24.0 Å². The van der Waals surface area contributed by atoms with Gasteiger partial charge in [0.05, 0.1) is 0 Å². The zero-order valence-electron chi connectivity index (χ0n) is 12.8. The van der Waals surface area contributed by atoms with Crippen molar-refractivity contribution in [1.82, 2.24) is 4.72 Å². The standard InChI is InChI=1S/C16H16ClNO5S/c1-18-24(19,20)23-16-14(12-9-5-6-10-13(12)17)21-15(22-16)11-7-3-2-4-8-11/h2-10,14-16,18H,1H3. The molecule has 1 aliphatic heterocycles. The number of halogens is 1. The molecule has 0 aromatic heterocycles. The molecule has 1 aliphatic rings. The Balaban J connectivity index is 1.92. The molecule has 3 unspecified atom stereocenters. The molecule has 1 fully saturated rings. The van der Waals surface area contributed by atoms with Gasteiger partial charge in [0.2, 0.25) is 6.29 Å². The molecule has 128 valence electrons. The van der Waals surface area contributed by atoms with Gasteiger partial charge in [-0.25, -0.2) is 4.18 Å². The van der Waals surface area contributed by atoms with E-state index in [1.165, 1.54) is 7.05 Å². The van der Waals surface area contributed by atoms with Gasteiger partial charge in [-0.3, -0.25) is 0 Å². The second-order valence-corrected chi connectivity index (χ2v) is 7.00. The van der Waals surface area contributed by atoms with Crippen molar-refractivity contribution in [2.75, 3.05) is 7.05 Å². The topological polar surface area (TPSA) is 73.9 Å². The van der Waals surface area contributed by atoms with Crippen LogP contribution in [-0.4, -0.2) is 21.8 Å². The maximum Gasteiger partial charge on any atom is 0.338 e. The fourth-order valence-corrected chi connectivity index (χ4v) is 3.10. The van der Waals surface area contributed by atoms with Crippen LogP contribution in [0, 0.1) is 0 Å². The lowest BCUT2D eigenvalue weighted by Gasteiger charge is -2.17. The highest BCUT2D eigenvalue weighted by molar-refractivity contribution is 7.84. The summed E-state index contributed by atoms with van der Waals surface area (Å²) in [5.41, 5.74) is 1.34. The normalized spacial score (nSPS) is 24.2. The van der Waals surface area contributed by atoms with Crippen molar-refractivity contribution >= 4 is 21.9 Å². The van der Waals surface area contributed by atoms with E-state index < -0.39 is 29.0 Å². The minimum atomic E-state index is -3.96. The number of rotatable bonds is 5. The Bertz CT molecular complexity index is 799. The lowest BCUT2D eigenvalue weighted by molar-refractivity contribution is -0.104. The zero-order valence-corrected chi connectivity index (χ0v) is 14.3. The Labute approximate surface area is 145 Å². The maximum atomic E-state index is 11.8. The smallest absolute Gasteiger partial charge is 0.335 e. The molecule has 0 bridgehead atoms. The summed E-state index contributed by atoms with van der Waals surface area (Å²) in [7, 11) is -2.71. The van der Waals surface area contributed by atoms with Gasteiger partial charge in [0.25, 0.3) is 0 Å². The number of benzene rings is 2. The minimum absolute atomic E-state index is 0.440. The van der Waals surface area contributed by atoms with E-state index in [0.717, 1.165) is 5.56 Å². The predicted octanol–water partition coefficient (Wildman–Crippen LogP) is 2.93. The van der Waals surface area contributed by atoms with Gasteiger partial charge >= 0.3 is 10.3 Å². The SMILES string of the molecule is CNS(=O)(=O)OC1OC(c2ccccc2)OC1c1ccccc1Cl. The Morgan fingerprint density at radius 2 is 1.71 bits per heavy atom. The summed E-state index contributed by atoms with van der Waals surface area (Å²) in [6.45, 7) is 0. The summed E-state index contributed by atoms with van der Waals surface area (Å²) in [5.74, 6) is 0. The van der Waals surface area contributed by atoms with Gasteiger partial charge in [-0.2, -0.15) is 13.1 Å². The molecule has 0 radical (unpaired) electrons. The zero-order chi connectivity index (χ0) is 17.2. The van der Waals surface area contributed by atoms with Crippen LogP contribution in [0.3, 0.4) is 0 Å². The summed E-state index contributed by atoms with van der Waals surface area (Å²) in [6.07, 6.45) is -2.70. The van der Waals surface area contributed by atoms with Crippen molar-refractivity contribution in [3.05, 3.63) is 70.7 Å². The highest BCUT2D eigenvalue weighted by Crippen LogP contribution is 2.42. The lowest BCUT2D eigenvalue weighted by Crippen LogP contribution is -2.30. The van der Waals surface area contributed by atoms with Crippen LogP contribution in [0.2, 0.25) is 5.02 Å². The average Bonchev–Trinajstić information content (AvgIpc) is 2.99. The van der Waals surface area contributed by atoms with Gasteiger partial charge in [0, 0.05) is 23.2 Å². The molecule has 2 aromatic rings. The average molecular weight is 370 g/mol. The van der Waals surface area contributed by atoms with Crippen LogP contribution in [0.25, 0.3) is 0 Å². The van der Waals surface area contributed by atoms with E-state index in [2.05, 4.69) is 4.72 Å². The van der Waals surface area contributed by atoms with Crippen LogP contribution in [0.5, 0.6) is 0 Å². The van der Waals surface area contributed by atoms with Crippen molar-refractivity contribution < 1.29 is 22.1 Å². The van der Waals surface area contributed by atoms with Gasteiger partial charge in [0.15, 0.2) is 6.29 Å². The quantitative estimate of drug-likeness (QED) is 0.877. The van der Waals surface area contributed by atoms with E-state index >= 15 is 0 Å². The van der Waals surface area contributed by atoms with Crippen molar-refractivity contribution in [2.24, 2.45) is 0 Å². The predicted molar refractivity (Wildman–Crippen MR) is 88.4 cm³/mol. The fourth-order valence-electron chi connectivity index (χ4n) is 2.36. The second-order valence-electron chi connectivity index (χ2n) is 5.08. The number of ether oxygens (including phenoxy) is 2. The third-order valence-electron chi connectivity index (χ3n) is 3.53.